The Hall–Kier alpha value is -2.33. The fourth-order valence-electron chi connectivity index (χ4n) is 2.01. The number of amides is 1. The van der Waals surface area contributed by atoms with E-state index in [1.807, 2.05) is 6.07 Å². The minimum Gasteiger partial charge on any atom is -0.308 e. The number of halogens is 4. The molecule has 0 aliphatic heterocycles. The SMILES string of the molecule is C[C@@H](Sc1nnc2ccccn12)C(=O)Nc1ncc(C(F)(F)F)cc1Cl. The zero-order chi connectivity index (χ0) is 18.9. The van der Waals surface area contributed by atoms with Gasteiger partial charge in [0.1, 0.15) is 0 Å². The van der Waals surface area contributed by atoms with Crippen molar-refractivity contribution in [3.63, 3.8) is 0 Å². The molecule has 11 heteroatoms. The number of fused-ring (bicyclic) bond motifs is 1. The van der Waals surface area contributed by atoms with Crippen molar-refractivity contribution in [2.24, 2.45) is 0 Å². The summed E-state index contributed by atoms with van der Waals surface area (Å²) in [4.78, 5) is 15.9. The van der Waals surface area contributed by atoms with E-state index in [4.69, 9.17) is 11.6 Å². The summed E-state index contributed by atoms with van der Waals surface area (Å²) in [6.07, 6.45) is -2.18. The molecule has 3 aromatic heterocycles. The van der Waals surface area contributed by atoms with Gasteiger partial charge in [-0.25, -0.2) is 4.98 Å². The molecule has 1 N–H and O–H groups in total. The quantitative estimate of drug-likeness (QED) is 0.671. The largest absolute Gasteiger partial charge is 0.417 e. The highest BCUT2D eigenvalue weighted by Gasteiger charge is 2.32. The molecular weight excluding hydrogens is 391 g/mol. The zero-order valence-electron chi connectivity index (χ0n) is 13.2. The Morgan fingerprint density at radius 3 is 2.81 bits per heavy atom. The lowest BCUT2D eigenvalue weighted by Crippen LogP contribution is -2.23. The molecule has 3 heterocycles. The number of anilines is 1. The van der Waals surface area contributed by atoms with E-state index in [2.05, 4.69) is 20.5 Å². The van der Waals surface area contributed by atoms with Gasteiger partial charge in [0.15, 0.2) is 16.6 Å². The third kappa shape index (κ3) is 3.91. The summed E-state index contributed by atoms with van der Waals surface area (Å²) in [5, 5.41) is 10.0. The van der Waals surface area contributed by atoms with Gasteiger partial charge in [-0.05, 0) is 25.1 Å². The van der Waals surface area contributed by atoms with Crippen LogP contribution in [0.1, 0.15) is 12.5 Å². The lowest BCUT2D eigenvalue weighted by atomic mass is 10.2. The molecule has 0 saturated carbocycles. The van der Waals surface area contributed by atoms with Crippen LogP contribution in [0.2, 0.25) is 5.02 Å². The molecule has 0 aromatic carbocycles. The van der Waals surface area contributed by atoms with E-state index in [0.29, 0.717) is 23.1 Å². The summed E-state index contributed by atoms with van der Waals surface area (Å²) in [5.74, 6) is -0.611. The van der Waals surface area contributed by atoms with Crippen molar-refractivity contribution in [1.82, 2.24) is 19.6 Å². The van der Waals surface area contributed by atoms with Gasteiger partial charge in [0, 0.05) is 12.4 Å². The number of nitrogens with zero attached hydrogens (tertiary/aromatic N) is 4. The monoisotopic (exact) mass is 401 g/mol. The zero-order valence-corrected chi connectivity index (χ0v) is 14.7. The van der Waals surface area contributed by atoms with Gasteiger partial charge >= 0.3 is 6.18 Å². The van der Waals surface area contributed by atoms with E-state index in [1.165, 1.54) is 0 Å². The number of alkyl halides is 3. The molecule has 0 radical (unpaired) electrons. The average Bonchev–Trinajstić information content (AvgIpc) is 2.99. The summed E-state index contributed by atoms with van der Waals surface area (Å²) in [6.45, 7) is 1.63. The number of nitrogens with one attached hydrogen (secondary N) is 1. The maximum Gasteiger partial charge on any atom is 0.417 e. The number of hydrogen-bond acceptors (Lipinski definition) is 5. The molecule has 0 aliphatic carbocycles. The highest BCUT2D eigenvalue weighted by molar-refractivity contribution is 8.00. The fourth-order valence-corrected chi connectivity index (χ4v) is 3.07. The molecule has 0 aliphatic rings. The number of thioether (sulfide) groups is 1. The molecule has 0 fully saturated rings. The van der Waals surface area contributed by atoms with Crippen LogP contribution in [-0.4, -0.2) is 30.7 Å². The van der Waals surface area contributed by atoms with Crippen LogP contribution < -0.4 is 5.32 Å². The van der Waals surface area contributed by atoms with Crippen LogP contribution in [0, 0.1) is 0 Å². The minimum absolute atomic E-state index is 0.136. The predicted octanol–water partition coefficient (Wildman–Crippen LogP) is 3.92. The second-order valence-electron chi connectivity index (χ2n) is 5.21. The minimum atomic E-state index is -4.56. The maximum absolute atomic E-state index is 12.6. The normalized spacial score (nSPS) is 13.0. The van der Waals surface area contributed by atoms with E-state index in [0.717, 1.165) is 11.8 Å². The van der Waals surface area contributed by atoms with E-state index < -0.39 is 22.9 Å². The average molecular weight is 402 g/mol. The van der Waals surface area contributed by atoms with Crippen LogP contribution in [0.15, 0.2) is 41.8 Å². The molecule has 3 aromatic rings. The van der Waals surface area contributed by atoms with Crippen LogP contribution in [0.4, 0.5) is 19.0 Å². The Kier molecular flexibility index (Phi) is 5.05. The van der Waals surface area contributed by atoms with Crippen LogP contribution in [0.25, 0.3) is 5.65 Å². The standard InChI is InChI=1S/C15H11ClF3N5OS/c1-8(26-14-23-22-11-4-2-3-5-24(11)14)13(25)21-12-10(16)6-9(7-20-12)15(17,18)19/h2-8H,1H3,(H,20,21,25)/t8-/m1/s1. The topological polar surface area (TPSA) is 72.2 Å². The van der Waals surface area contributed by atoms with Gasteiger partial charge in [-0.3, -0.25) is 9.20 Å². The highest BCUT2D eigenvalue weighted by Crippen LogP contribution is 2.32. The molecular formula is C15H11ClF3N5OS. The lowest BCUT2D eigenvalue weighted by molar-refractivity contribution is -0.137. The van der Waals surface area contributed by atoms with E-state index in [9.17, 15) is 18.0 Å². The number of carbonyl (C=O) groups is 1. The van der Waals surface area contributed by atoms with Crippen molar-refractivity contribution in [3.8, 4) is 0 Å². The summed E-state index contributed by atoms with van der Waals surface area (Å²) >= 11 is 6.94. The lowest BCUT2D eigenvalue weighted by Gasteiger charge is -2.13. The van der Waals surface area contributed by atoms with E-state index in [1.54, 1.807) is 29.7 Å². The Balaban J connectivity index is 1.71. The van der Waals surface area contributed by atoms with E-state index >= 15 is 0 Å². The van der Waals surface area contributed by atoms with Crippen LogP contribution in [-0.2, 0) is 11.0 Å². The Morgan fingerprint density at radius 2 is 2.12 bits per heavy atom. The van der Waals surface area contributed by atoms with Crippen molar-refractivity contribution >= 4 is 40.7 Å². The fraction of sp³-hybridized carbons (Fsp3) is 0.200. The first-order chi connectivity index (χ1) is 12.3. The van der Waals surface area contributed by atoms with Gasteiger partial charge in [-0.15, -0.1) is 10.2 Å². The molecule has 136 valence electrons. The van der Waals surface area contributed by atoms with Gasteiger partial charge in [-0.1, -0.05) is 29.4 Å². The first kappa shape index (κ1) is 18.5. The molecule has 3 rings (SSSR count). The van der Waals surface area contributed by atoms with Gasteiger partial charge in [0.25, 0.3) is 0 Å². The Morgan fingerprint density at radius 1 is 1.35 bits per heavy atom. The van der Waals surface area contributed by atoms with Crippen molar-refractivity contribution in [1.29, 1.82) is 0 Å². The molecule has 0 bridgehead atoms. The molecule has 6 nitrogen and oxygen atoms in total. The number of hydrogen-bond donors (Lipinski definition) is 1. The first-order valence-corrected chi connectivity index (χ1v) is 8.51. The van der Waals surface area contributed by atoms with Crippen LogP contribution in [0.3, 0.4) is 0 Å². The summed E-state index contributed by atoms with van der Waals surface area (Å²) in [5.41, 5.74) is -0.354. The second kappa shape index (κ2) is 7.12. The number of rotatable bonds is 4. The number of aromatic nitrogens is 4. The van der Waals surface area contributed by atoms with Crippen molar-refractivity contribution in [3.05, 3.63) is 47.2 Å². The third-order valence-corrected chi connectivity index (χ3v) is 4.69. The van der Waals surface area contributed by atoms with E-state index in [-0.39, 0.29) is 10.8 Å². The summed E-state index contributed by atoms with van der Waals surface area (Å²) < 4.78 is 39.6. The Bertz CT molecular complexity index is 962. The van der Waals surface area contributed by atoms with Crippen molar-refractivity contribution < 1.29 is 18.0 Å². The van der Waals surface area contributed by atoms with Crippen LogP contribution in [0.5, 0.6) is 0 Å². The molecule has 1 atom stereocenters. The predicted molar refractivity (Wildman–Crippen MR) is 91.2 cm³/mol. The summed E-state index contributed by atoms with van der Waals surface area (Å²) in [7, 11) is 0. The van der Waals surface area contributed by atoms with Crippen LogP contribution >= 0.6 is 23.4 Å². The Labute approximate surface area is 154 Å². The number of carbonyl (C=O) groups excluding carboxylic acids is 1. The third-order valence-electron chi connectivity index (χ3n) is 3.34. The maximum atomic E-state index is 12.6. The molecule has 0 saturated heterocycles. The van der Waals surface area contributed by atoms with Gasteiger partial charge in [0.05, 0.1) is 15.8 Å². The molecule has 0 unspecified atom stereocenters. The second-order valence-corrected chi connectivity index (χ2v) is 6.93. The van der Waals surface area contributed by atoms with Gasteiger partial charge < -0.3 is 5.32 Å². The smallest absolute Gasteiger partial charge is 0.308 e. The first-order valence-electron chi connectivity index (χ1n) is 7.26. The molecule has 1 amide bonds. The number of pyridine rings is 2. The molecule has 26 heavy (non-hydrogen) atoms. The van der Waals surface area contributed by atoms with Crippen molar-refractivity contribution in [2.45, 2.75) is 23.5 Å². The molecule has 0 spiro atoms. The summed E-state index contributed by atoms with van der Waals surface area (Å²) in [6, 6.07) is 6.10. The van der Waals surface area contributed by atoms with Gasteiger partial charge in [0.2, 0.25) is 5.91 Å². The highest BCUT2D eigenvalue weighted by atomic mass is 35.5. The van der Waals surface area contributed by atoms with Gasteiger partial charge in [-0.2, -0.15) is 13.2 Å². The van der Waals surface area contributed by atoms with Crippen molar-refractivity contribution in [2.75, 3.05) is 5.32 Å².